The zero-order valence-corrected chi connectivity index (χ0v) is 18.5. The molecule has 1 amide bonds. The van der Waals surface area contributed by atoms with Gasteiger partial charge in [0.05, 0.1) is 15.1 Å². The van der Waals surface area contributed by atoms with Crippen LogP contribution in [0, 0.1) is 18.7 Å². The van der Waals surface area contributed by atoms with E-state index in [1.54, 1.807) is 0 Å². The zero-order chi connectivity index (χ0) is 21.5. The molecule has 30 heavy (non-hydrogen) atoms. The first-order valence-corrected chi connectivity index (χ1v) is 12.0. The summed E-state index contributed by atoms with van der Waals surface area (Å²) < 4.78 is 40.7. The largest absolute Gasteiger partial charge is 0.302 e. The summed E-state index contributed by atoms with van der Waals surface area (Å²) in [4.78, 5) is 17.2. The summed E-state index contributed by atoms with van der Waals surface area (Å²) in [6.07, 6.45) is 0.810. The minimum Gasteiger partial charge on any atom is -0.302 e. The first-order chi connectivity index (χ1) is 14.2. The Labute approximate surface area is 182 Å². The molecule has 0 aliphatic carbocycles. The number of aromatic nitrogens is 1. The molecule has 1 aliphatic heterocycles. The van der Waals surface area contributed by atoms with Crippen LogP contribution in [-0.4, -0.2) is 36.7 Å². The molecule has 10 heteroatoms. The molecule has 2 aromatic carbocycles. The molecule has 0 spiro atoms. The number of fused-ring (bicyclic) bond motifs is 1. The van der Waals surface area contributed by atoms with Crippen molar-refractivity contribution in [3.05, 3.63) is 52.8 Å². The third-order valence-corrected chi connectivity index (χ3v) is 8.21. The lowest BCUT2D eigenvalue weighted by Crippen LogP contribution is -2.41. The van der Waals surface area contributed by atoms with E-state index < -0.39 is 15.8 Å². The number of anilines is 1. The third kappa shape index (κ3) is 4.20. The van der Waals surface area contributed by atoms with Gasteiger partial charge in [-0.2, -0.15) is 4.31 Å². The van der Waals surface area contributed by atoms with Crippen molar-refractivity contribution < 1.29 is 17.6 Å². The van der Waals surface area contributed by atoms with E-state index in [-0.39, 0.29) is 29.8 Å². The molecule has 1 N–H and O–H groups in total. The van der Waals surface area contributed by atoms with E-state index in [0.717, 1.165) is 27.9 Å². The zero-order valence-electron chi connectivity index (χ0n) is 16.1. The first-order valence-electron chi connectivity index (χ1n) is 9.37. The number of carbonyl (C=O) groups excluding carboxylic acids is 1. The summed E-state index contributed by atoms with van der Waals surface area (Å²) in [6.45, 7) is 2.37. The van der Waals surface area contributed by atoms with Crippen molar-refractivity contribution in [2.24, 2.45) is 5.92 Å². The molecule has 2 heterocycles. The van der Waals surface area contributed by atoms with Gasteiger partial charge in [0, 0.05) is 24.0 Å². The van der Waals surface area contributed by atoms with E-state index in [2.05, 4.69) is 10.3 Å². The number of nitrogens with zero attached hydrogens (tertiary/aromatic N) is 2. The normalized spacial score (nSPS) is 16.1. The molecule has 1 aromatic heterocycles. The number of piperidine rings is 1. The van der Waals surface area contributed by atoms with E-state index in [9.17, 15) is 17.6 Å². The summed E-state index contributed by atoms with van der Waals surface area (Å²) in [7, 11) is -3.70. The summed E-state index contributed by atoms with van der Waals surface area (Å²) >= 11 is 7.44. The number of hydrogen-bond acceptors (Lipinski definition) is 5. The van der Waals surface area contributed by atoms with Crippen LogP contribution in [0.1, 0.15) is 18.4 Å². The van der Waals surface area contributed by atoms with Gasteiger partial charge in [0.15, 0.2) is 5.13 Å². The Morgan fingerprint density at radius 3 is 2.57 bits per heavy atom. The van der Waals surface area contributed by atoms with Crippen LogP contribution in [0.2, 0.25) is 5.02 Å². The molecule has 0 unspecified atom stereocenters. The van der Waals surface area contributed by atoms with E-state index in [4.69, 9.17) is 11.6 Å². The second kappa shape index (κ2) is 8.22. The molecule has 1 saturated heterocycles. The number of benzene rings is 2. The molecule has 0 saturated carbocycles. The SMILES string of the molecule is Cc1cc(Cl)cc2sc(NC(=O)C3CCN(S(=O)(=O)c4ccc(F)cc4)CC3)nc12. The molecule has 0 atom stereocenters. The van der Waals surface area contributed by atoms with Gasteiger partial charge in [-0.25, -0.2) is 17.8 Å². The van der Waals surface area contributed by atoms with Crippen molar-refractivity contribution >= 4 is 54.2 Å². The van der Waals surface area contributed by atoms with Crippen LogP contribution in [0.4, 0.5) is 9.52 Å². The van der Waals surface area contributed by atoms with Gasteiger partial charge in [0.25, 0.3) is 0 Å². The molecule has 0 bridgehead atoms. The maximum absolute atomic E-state index is 13.1. The lowest BCUT2D eigenvalue weighted by atomic mass is 9.97. The van der Waals surface area contributed by atoms with Crippen LogP contribution < -0.4 is 5.32 Å². The number of carbonyl (C=O) groups is 1. The van der Waals surface area contributed by atoms with Gasteiger partial charge < -0.3 is 5.32 Å². The van der Waals surface area contributed by atoms with Crippen LogP contribution in [0.15, 0.2) is 41.3 Å². The number of rotatable bonds is 4. The van der Waals surface area contributed by atoms with Crippen LogP contribution in [0.3, 0.4) is 0 Å². The highest BCUT2D eigenvalue weighted by atomic mass is 35.5. The monoisotopic (exact) mass is 467 g/mol. The molecule has 4 rings (SSSR count). The van der Waals surface area contributed by atoms with Gasteiger partial charge in [-0.05, 0) is 61.7 Å². The molecule has 0 radical (unpaired) electrons. The summed E-state index contributed by atoms with van der Waals surface area (Å²) in [6, 6.07) is 8.40. The van der Waals surface area contributed by atoms with Crippen molar-refractivity contribution in [2.45, 2.75) is 24.7 Å². The highest BCUT2D eigenvalue weighted by Gasteiger charge is 2.32. The van der Waals surface area contributed by atoms with Crippen LogP contribution in [0.5, 0.6) is 0 Å². The van der Waals surface area contributed by atoms with Crippen molar-refractivity contribution in [3.8, 4) is 0 Å². The fourth-order valence-electron chi connectivity index (χ4n) is 3.53. The predicted octanol–water partition coefficient (Wildman–Crippen LogP) is 4.44. The third-order valence-electron chi connectivity index (χ3n) is 5.16. The predicted molar refractivity (Wildman–Crippen MR) is 116 cm³/mol. The number of aryl methyl sites for hydroxylation is 1. The van der Waals surface area contributed by atoms with E-state index in [1.165, 1.54) is 27.8 Å². The summed E-state index contributed by atoms with van der Waals surface area (Å²) in [5, 5.41) is 3.98. The molecule has 1 fully saturated rings. The second-order valence-electron chi connectivity index (χ2n) is 7.21. The van der Waals surface area contributed by atoms with Gasteiger partial charge in [-0.15, -0.1) is 0 Å². The second-order valence-corrected chi connectivity index (χ2v) is 10.6. The molecular weight excluding hydrogens is 449 g/mol. The molecule has 158 valence electrons. The molecule has 6 nitrogen and oxygen atoms in total. The molecule has 3 aromatic rings. The topological polar surface area (TPSA) is 79.4 Å². The number of halogens is 2. The van der Waals surface area contributed by atoms with E-state index in [1.807, 2.05) is 19.1 Å². The Morgan fingerprint density at radius 1 is 1.23 bits per heavy atom. The van der Waals surface area contributed by atoms with Crippen molar-refractivity contribution in [3.63, 3.8) is 0 Å². The van der Waals surface area contributed by atoms with Gasteiger partial charge in [-0.1, -0.05) is 22.9 Å². The van der Waals surface area contributed by atoms with Crippen molar-refractivity contribution in [2.75, 3.05) is 18.4 Å². The van der Waals surface area contributed by atoms with Crippen molar-refractivity contribution in [1.82, 2.24) is 9.29 Å². The number of sulfonamides is 1. The fourth-order valence-corrected chi connectivity index (χ4v) is 6.32. The lowest BCUT2D eigenvalue weighted by Gasteiger charge is -2.30. The average molecular weight is 468 g/mol. The Hall–Kier alpha value is -2.07. The van der Waals surface area contributed by atoms with Crippen LogP contribution in [-0.2, 0) is 14.8 Å². The summed E-state index contributed by atoms with van der Waals surface area (Å²) in [5.41, 5.74) is 1.74. The Morgan fingerprint density at radius 2 is 1.90 bits per heavy atom. The quantitative estimate of drug-likeness (QED) is 0.615. The van der Waals surface area contributed by atoms with E-state index in [0.29, 0.717) is 23.0 Å². The van der Waals surface area contributed by atoms with Gasteiger partial charge in [-0.3, -0.25) is 4.79 Å². The number of thiazole rings is 1. The Bertz CT molecular complexity index is 1200. The van der Waals surface area contributed by atoms with Gasteiger partial charge in [0.2, 0.25) is 15.9 Å². The van der Waals surface area contributed by atoms with Crippen molar-refractivity contribution in [1.29, 1.82) is 0 Å². The Balaban J connectivity index is 1.41. The number of nitrogens with one attached hydrogen (secondary N) is 1. The molecule has 1 aliphatic rings. The smallest absolute Gasteiger partial charge is 0.243 e. The first kappa shape index (κ1) is 21.2. The maximum atomic E-state index is 13.1. The fraction of sp³-hybridized carbons (Fsp3) is 0.300. The average Bonchev–Trinajstić information content (AvgIpc) is 3.11. The standard InChI is InChI=1S/C20H19ClFN3O3S2/c1-12-10-14(21)11-17-18(12)23-20(29-17)24-19(26)13-6-8-25(9-7-13)30(27,28)16-4-2-15(22)3-5-16/h2-5,10-11,13H,6-9H2,1H3,(H,23,24,26). The Kier molecular flexibility index (Phi) is 5.80. The van der Waals surface area contributed by atoms with Gasteiger partial charge >= 0.3 is 0 Å². The maximum Gasteiger partial charge on any atom is 0.243 e. The van der Waals surface area contributed by atoms with Crippen LogP contribution >= 0.6 is 22.9 Å². The lowest BCUT2D eigenvalue weighted by molar-refractivity contribution is -0.120. The van der Waals surface area contributed by atoms with E-state index >= 15 is 0 Å². The van der Waals surface area contributed by atoms with Gasteiger partial charge in [0.1, 0.15) is 5.82 Å². The minimum absolute atomic E-state index is 0.0512. The number of amides is 1. The van der Waals surface area contributed by atoms with Crippen LogP contribution in [0.25, 0.3) is 10.2 Å². The molecular formula is C20H19ClFN3O3S2. The highest BCUT2D eigenvalue weighted by Crippen LogP contribution is 2.32. The number of hydrogen-bond donors (Lipinski definition) is 1. The highest BCUT2D eigenvalue weighted by molar-refractivity contribution is 7.89. The summed E-state index contributed by atoms with van der Waals surface area (Å²) in [5.74, 6) is -0.963. The minimum atomic E-state index is -3.70.